The SMILES string of the molecule is CCOC(=O)c1cc(-c2ccccc2C(F)(F)F)on1.Cl.NO. The second-order valence-corrected chi connectivity index (χ2v) is 3.84. The number of esters is 1. The van der Waals surface area contributed by atoms with Crippen molar-refractivity contribution in [3.05, 3.63) is 41.6 Å². The highest BCUT2D eigenvalue weighted by atomic mass is 35.5. The number of hydrogen-bond acceptors (Lipinski definition) is 6. The maximum absolute atomic E-state index is 12.9. The zero-order valence-electron chi connectivity index (χ0n) is 11.8. The lowest BCUT2D eigenvalue weighted by atomic mass is 10.0. The molecule has 0 unspecified atom stereocenters. The van der Waals surface area contributed by atoms with E-state index in [0.717, 1.165) is 12.1 Å². The van der Waals surface area contributed by atoms with E-state index in [1.54, 1.807) is 6.92 Å². The first-order valence-electron chi connectivity index (χ1n) is 5.99. The van der Waals surface area contributed by atoms with Gasteiger partial charge >= 0.3 is 12.1 Å². The van der Waals surface area contributed by atoms with Crippen LogP contribution >= 0.6 is 12.4 Å². The maximum Gasteiger partial charge on any atom is 0.417 e. The molecule has 0 radical (unpaired) electrons. The highest BCUT2D eigenvalue weighted by Gasteiger charge is 2.34. The molecule has 1 heterocycles. The van der Waals surface area contributed by atoms with Gasteiger partial charge in [-0.1, -0.05) is 23.4 Å². The standard InChI is InChI=1S/C13H10F3NO3.ClH.H3NO/c1-2-19-12(18)10-7-11(20-17-10)8-5-3-4-6-9(8)13(14,15)16;;1-2/h3-7H,2H2,1H3;1H;2H,1H2. The fourth-order valence-electron chi connectivity index (χ4n) is 1.65. The molecular weight excluding hydrogens is 341 g/mol. The van der Waals surface area contributed by atoms with Crippen LogP contribution in [0.4, 0.5) is 13.2 Å². The first kappa shape index (κ1) is 20.9. The average molecular weight is 355 g/mol. The highest BCUT2D eigenvalue weighted by molar-refractivity contribution is 5.88. The van der Waals surface area contributed by atoms with E-state index in [1.165, 1.54) is 18.2 Å². The Bertz CT molecular complexity index is 632. The van der Waals surface area contributed by atoms with Crippen LogP contribution in [0.1, 0.15) is 23.0 Å². The van der Waals surface area contributed by atoms with Crippen LogP contribution in [0.25, 0.3) is 11.3 Å². The molecule has 1 aromatic heterocycles. The molecule has 0 amide bonds. The van der Waals surface area contributed by atoms with E-state index in [1.807, 2.05) is 0 Å². The molecule has 10 heteroatoms. The molecule has 6 nitrogen and oxygen atoms in total. The highest BCUT2D eigenvalue weighted by Crippen LogP contribution is 2.37. The maximum atomic E-state index is 12.9. The van der Waals surface area contributed by atoms with Crippen molar-refractivity contribution in [1.82, 2.24) is 5.16 Å². The van der Waals surface area contributed by atoms with Crippen LogP contribution < -0.4 is 5.90 Å². The summed E-state index contributed by atoms with van der Waals surface area (Å²) < 4.78 is 48.1. The molecule has 0 aliphatic rings. The van der Waals surface area contributed by atoms with E-state index in [0.29, 0.717) is 0 Å². The Hall–Kier alpha value is -2.10. The fourth-order valence-corrected chi connectivity index (χ4v) is 1.65. The van der Waals surface area contributed by atoms with Gasteiger partial charge in [-0.05, 0) is 13.0 Å². The quantitative estimate of drug-likeness (QED) is 0.648. The summed E-state index contributed by atoms with van der Waals surface area (Å²) in [5, 5.41) is 9.92. The Morgan fingerprint density at radius 1 is 1.35 bits per heavy atom. The average Bonchev–Trinajstić information content (AvgIpc) is 2.98. The lowest BCUT2D eigenvalue weighted by Gasteiger charge is -2.09. The van der Waals surface area contributed by atoms with Gasteiger partial charge in [0.2, 0.25) is 0 Å². The van der Waals surface area contributed by atoms with Gasteiger partial charge in [0.1, 0.15) is 0 Å². The molecule has 0 atom stereocenters. The van der Waals surface area contributed by atoms with E-state index in [2.05, 4.69) is 11.1 Å². The number of halogens is 4. The number of carbonyl (C=O) groups excluding carboxylic acids is 1. The third kappa shape index (κ3) is 5.23. The summed E-state index contributed by atoms with van der Waals surface area (Å²) in [5.74, 6) is 2.62. The van der Waals surface area contributed by atoms with Crippen molar-refractivity contribution in [2.24, 2.45) is 5.90 Å². The molecule has 23 heavy (non-hydrogen) atoms. The minimum absolute atomic E-state index is 0. The van der Waals surface area contributed by atoms with Crippen molar-refractivity contribution in [3.63, 3.8) is 0 Å². The van der Waals surface area contributed by atoms with Gasteiger partial charge in [-0.15, -0.1) is 12.4 Å². The zero-order valence-corrected chi connectivity index (χ0v) is 12.6. The number of nitrogens with two attached hydrogens (primary N) is 1. The van der Waals surface area contributed by atoms with Crippen LogP contribution in [0.15, 0.2) is 34.9 Å². The lowest BCUT2D eigenvalue weighted by Crippen LogP contribution is -2.06. The molecule has 3 N–H and O–H groups in total. The molecule has 0 saturated heterocycles. The summed E-state index contributed by atoms with van der Waals surface area (Å²) in [6.45, 7) is 1.75. The number of hydrogen-bond donors (Lipinski definition) is 2. The number of nitrogens with zero attached hydrogens (tertiary/aromatic N) is 1. The zero-order chi connectivity index (χ0) is 16.8. The summed E-state index contributed by atoms with van der Waals surface area (Å²) in [5.41, 5.74) is -1.20. The predicted molar refractivity (Wildman–Crippen MR) is 76.1 cm³/mol. The van der Waals surface area contributed by atoms with Crippen molar-refractivity contribution < 1.29 is 32.4 Å². The van der Waals surface area contributed by atoms with Crippen LogP contribution in [0.2, 0.25) is 0 Å². The Labute approximate surface area is 135 Å². The largest absolute Gasteiger partial charge is 0.461 e. The molecule has 0 aliphatic heterocycles. The van der Waals surface area contributed by atoms with Crippen molar-refractivity contribution in [2.45, 2.75) is 13.1 Å². The van der Waals surface area contributed by atoms with Crippen molar-refractivity contribution in [3.8, 4) is 11.3 Å². The number of ether oxygens (including phenoxy) is 1. The van der Waals surface area contributed by atoms with E-state index in [4.69, 9.17) is 14.5 Å². The predicted octanol–water partition coefficient (Wildman–Crippen LogP) is 3.29. The summed E-state index contributed by atoms with van der Waals surface area (Å²) in [6.07, 6.45) is -4.52. The number of rotatable bonds is 3. The van der Waals surface area contributed by atoms with E-state index >= 15 is 0 Å². The van der Waals surface area contributed by atoms with Crippen molar-refractivity contribution in [1.29, 1.82) is 0 Å². The molecule has 1 aromatic carbocycles. The number of aromatic nitrogens is 1. The van der Waals surface area contributed by atoms with Gasteiger partial charge in [-0.25, -0.2) is 10.7 Å². The second kappa shape index (κ2) is 9.13. The summed E-state index contributed by atoms with van der Waals surface area (Å²) in [7, 11) is 0. The van der Waals surface area contributed by atoms with Gasteiger partial charge < -0.3 is 14.5 Å². The smallest absolute Gasteiger partial charge is 0.417 e. The Balaban J connectivity index is 0.00000155. The lowest BCUT2D eigenvalue weighted by molar-refractivity contribution is -0.137. The van der Waals surface area contributed by atoms with E-state index in [9.17, 15) is 18.0 Å². The van der Waals surface area contributed by atoms with Gasteiger partial charge in [0.25, 0.3) is 0 Å². The van der Waals surface area contributed by atoms with E-state index < -0.39 is 17.7 Å². The molecule has 128 valence electrons. The Kier molecular flexibility index (Phi) is 8.30. The monoisotopic (exact) mass is 354 g/mol. The molecule has 0 bridgehead atoms. The molecule has 2 aromatic rings. The molecule has 0 saturated carbocycles. The molecule has 0 aliphatic carbocycles. The normalized spacial score (nSPS) is 10.2. The second-order valence-electron chi connectivity index (χ2n) is 3.84. The van der Waals surface area contributed by atoms with Crippen molar-refractivity contribution in [2.75, 3.05) is 6.61 Å². The number of alkyl halides is 3. The third-order valence-corrected chi connectivity index (χ3v) is 2.49. The first-order valence-corrected chi connectivity index (χ1v) is 5.99. The minimum atomic E-state index is -4.52. The van der Waals surface area contributed by atoms with Gasteiger partial charge in [0, 0.05) is 11.6 Å². The van der Waals surface area contributed by atoms with Crippen LogP contribution in [0, 0.1) is 0 Å². The van der Waals surface area contributed by atoms with Gasteiger partial charge in [0.05, 0.1) is 12.2 Å². The third-order valence-electron chi connectivity index (χ3n) is 2.49. The Morgan fingerprint density at radius 3 is 2.52 bits per heavy atom. The molecular formula is C13H14ClF3N2O4. The summed E-state index contributed by atoms with van der Waals surface area (Å²) >= 11 is 0. The Morgan fingerprint density at radius 2 is 1.96 bits per heavy atom. The molecule has 0 spiro atoms. The van der Waals surface area contributed by atoms with Gasteiger partial charge in [-0.2, -0.15) is 13.2 Å². The van der Waals surface area contributed by atoms with Crippen molar-refractivity contribution >= 4 is 18.4 Å². The summed E-state index contributed by atoms with van der Waals surface area (Å²) in [4.78, 5) is 11.4. The number of benzene rings is 1. The first-order chi connectivity index (χ1) is 10.4. The van der Waals surface area contributed by atoms with Crippen LogP contribution in [-0.4, -0.2) is 22.9 Å². The van der Waals surface area contributed by atoms with Crippen LogP contribution in [0.3, 0.4) is 0 Å². The minimum Gasteiger partial charge on any atom is -0.461 e. The number of carbonyl (C=O) groups is 1. The molecule has 2 rings (SSSR count). The fraction of sp³-hybridized carbons (Fsp3) is 0.231. The molecule has 0 fully saturated rings. The van der Waals surface area contributed by atoms with Gasteiger partial charge in [0.15, 0.2) is 11.5 Å². The van der Waals surface area contributed by atoms with E-state index in [-0.39, 0.29) is 36.0 Å². The van der Waals surface area contributed by atoms with Crippen LogP contribution in [0.5, 0.6) is 0 Å². The van der Waals surface area contributed by atoms with Crippen LogP contribution in [-0.2, 0) is 10.9 Å². The summed E-state index contributed by atoms with van der Waals surface area (Å²) in [6, 6.07) is 6.02. The topological polar surface area (TPSA) is 98.6 Å². The van der Waals surface area contributed by atoms with Gasteiger partial charge in [-0.3, -0.25) is 0 Å².